The number of carboxylic acid groups (broad SMARTS) is 1. The van der Waals surface area contributed by atoms with Gasteiger partial charge < -0.3 is 5.11 Å². The molecule has 0 aliphatic rings. The molecule has 0 fully saturated rings. The molecule has 0 aliphatic heterocycles. The van der Waals surface area contributed by atoms with E-state index in [1.54, 1.807) is 24.3 Å². The number of hydrogen-bond acceptors (Lipinski definition) is 3. The summed E-state index contributed by atoms with van der Waals surface area (Å²) in [6.45, 7) is 0. The number of rotatable bonds is 3. The molecule has 1 heterocycles. The number of benzene rings is 2. The van der Waals surface area contributed by atoms with Crippen LogP contribution in [0, 0.1) is 0 Å². The Morgan fingerprint density at radius 3 is 2.38 bits per heavy atom. The second-order valence-corrected chi connectivity index (χ2v) is 6.24. The minimum Gasteiger partial charge on any atom is -0.478 e. The van der Waals surface area contributed by atoms with Crippen molar-refractivity contribution in [3.05, 3.63) is 60.4 Å². The monoisotopic (exact) mass is 303 g/mol. The van der Waals surface area contributed by atoms with Crippen LogP contribution in [0.4, 0.5) is 0 Å². The molecule has 0 amide bonds. The van der Waals surface area contributed by atoms with Gasteiger partial charge in [0, 0.05) is 0 Å². The molecule has 2 N–H and O–H groups in total. The fraction of sp³-hybridized carbons (Fsp3) is 0. The van der Waals surface area contributed by atoms with Crippen LogP contribution in [-0.4, -0.2) is 24.5 Å². The van der Waals surface area contributed by atoms with Crippen molar-refractivity contribution >= 4 is 27.0 Å². The van der Waals surface area contributed by atoms with Crippen LogP contribution in [-0.2, 0) is 10.0 Å². The Morgan fingerprint density at radius 1 is 1.05 bits per heavy atom. The molecule has 21 heavy (non-hydrogen) atoms. The maximum absolute atomic E-state index is 12.6. The minimum absolute atomic E-state index is 0.0299. The summed E-state index contributed by atoms with van der Waals surface area (Å²) in [5, 5.41) is 8.84. The van der Waals surface area contributed by atoms with Crippen molar-refractivity contribution in [1.29, 1.82) is 0 Å². The SMILES string of the molecule is O=C(O)c1ccc(S(=O)(=O)[n+]2c[nH]c3ccccc32)cc1. The number of fused-ring (bicyclic) bond motifs is 1. The van der Waals surface area contributed by atoms with Gasteiger partial charge in [-0.2, -0.15) is 8.42 Å². The van der Waals surface area contributed by atoms with Crippen LogP contribution in [0.5, 0.6) is 0 Å². The highest BCUT2D eigenvalue weighted by Crippen LogP contribution is 2.14. The Labute approximate surface area is 120 Å². The minimum atomic E-state index is -3.77. The average molecular weight is 303 g/mol. The van der Waals surface area contributed by atoms with Crippen LogP contribution in [0.2, 0.25) is 0 Å². The Bertz CT molecular complexity index is 927. The van der Waals surface area contributed by atoms with E-state index in [2.05, 4.69) is 4.98 Å². The van der Waals surface area contributed by atoms with E-state index in [9.17, 15) is 13.2 Å². The molecule has 0 unspecified atom stereocenters. The normalized spacial score (nSPS) is 11.6. The molecule has 0 spiro atoms. The van der Waals surface area contributed by atoms with Gasteiger partial charge in [-0.25, -0.2) is 9.78 Å². The molecule has 3 aromatic rings. The third-order valence-electron chi connectivity index (χ3n) is 3.14. The zero-order chi connectivity index (χ0) is 15.0. The first kappa shape index (κ1) is 13.3. The van der Waals surface area contributed by atoms with E-state index < -0.39 is 16.0 Å². The average Bonchev–Trinajstić information content (AvgIpc) is 2.92. The van der Waals surface area contributed by atoms with Crippen LogP contribution < -0.4 is 3.97 Å². The second-order valence-electron chi connectivity index (χ2n) is 4.42. The standard InChI is InChI=1S/C14H10N2O4S/c17-14(18)10-5-7-11(8-6-10)21(19,20)16-9-15-12-3-1-2-4-13(12)16/h1-9H,(H,17,18)/p+1. The number of carboxylic acids is 1. The zero-order valence-electron chi connectivity index (χ0n) is 10.7. The van der Waals surface area contributed by atoms with E-state index in [-0.39, 0.29) is 10.5 Å². The van der Waals surface area contributed by atoms with Gasteiger partial charge in [0.25, 0.3) is 6.33 Å². The topological polar surface area (TPSA) is 91.1 Å². The van der Waals surface area contributed by atoms with Crippen molar-refractivity contribution in [3.63, 3.8) is 0 Å². The van der Waals surface area contributed by atoms with Crippen molar-refractivity contribution < 1.29 is 22.3 Å². The third-order valence-corrected chi connectivity index (χ3v) is 4.82. The number of aromatic nitrogens is 2. The number of aromatic amines is 1. The van der Waals surface area contributed by atoms with Crippen LogP contribution in [0.1, 0.15) is 10.4 Å². The van der Waals surface area contributed by atoms with E-state index in [0.29, 0.717) is 11.0 Å². The summed E-state index contributed by atoms with van der Waals surface area (Å²) >= 11 is 0. The first-order valence-corrected chi connectivity index (χ1v) is 7.51. The highest BCUT2D eigenvalue weighted by atomic mass is 32.2. The van der Waals surface area contributed by atoms with Crippen molar-refractivity contribution in [2.24, 2.45) is 0 Å². The Morgan fingerprint density at radius 2 is 1.71 bits per heavy atom. The third kappa shape index (κ3) is 2.17. The van der Waals surface area contributed by atoms with Gasteiger partial charge in [0.15, 0.2) is 11.0 Å². The maximum atomic E-state index is 12.6. The van der Waals surface area contributed by atoms with E-state index >= 15 is 0 Å². The fourth-order valence-electron chi connectivity index (χ4n) is 2.07. The number of hydrogen-bond donors (Lipinski definition) is 2. The predicted molar refractivity (Wildman–Crippen MR) is 74.5 cm³/mol. The van der Waals surface area contributed by atoms with E-state index in [1.165, 1.54) is 30.6 Å². The largest absolute Gasteiger partial charge is 0.478 e. The van der Waals surface area contributed by atoms with E-state index in [1.807, 2.05) is 0 Å². The number of H-pyrrole nitrogens is 1. The lowest BCUT2D eigenvalue weighted by Crippen LogP contribution is -2.41. The Balaban J connectivity index is 2.14. The van der Waals surface area contributed by atoms with Gasteiger partial charge in [-0.1, -0.05) is 12.1 Å². The van der Waals surface area contributed by atoms with Gasteiger partial charge in [-0.15, -0.1) is 3.97 Å². The van der Waals surface area contributed by atoms with Gasteiger partial charge in [0.2, 0.25) is 0 Å². The summed E-state index contributed by atoms with van der Waals surface area (Å²) in [5.74, 6) is -1.10. The molecule has 0 aliphatic carbocycles. The van der Waals surface area contributed by atoms with Gasteiger partial charge in [-0.3, -0.25) is 0 Å². The molecule has 0 saturated carbocycles. The van der Waals surface area contributed by atoms with Gasteiger partial charge in [-0.05, 0) is 36.4 Å². The van der Waals surface area contributed by atoms with E-state index in [4.69, 9.17) is 5.11 Å². The van der Waals surface area contributed by atoms with Gasteiger partial charge in [0.1, 0.15) is 4.90 Å². The lowest BCUT2D eigenvalue weighted by atomic mass is 10.2. The molecule has 0 radical (unpaired) electrons. The molecule has 106 valence electrons. The molecular weight excluding hydrogens is 292 g/mol. The van der Waals surface area contributed by atoms with Crippen molar-refractivity contribution in [1.82, 2.24) is 4.98 Å². The summed E-state index contributed by atoms with van der Waals surface area (Å²) < 4.78 is 26.3. The van der Waals surface area contributed by atoms with Crippen LogP contribution in [0.25, 0.3) is 11.0 Å². The summed E-state index contributed by atoms with van der Waals surface area (Å²) in [6.07, 6.45) is 1.37. The summed E-state index contributed by atoms with van der Waals surface area (Å²) in [6, 6.07) is 12.1. The number of nitrogens with zero attached hydrogens (tertiary/aromatic N) is 1. The molecule has 0 bridgehead atoms. The number of aromatic carboxylic acids is 1. The number of para-hydroxylation sites is 2. The highest BCUT2D eigenvalue weighted by molar-refractivity contribution is 7.85. The molecule has 0 saturated heterocycles. The summed E-state index contributed by atoms with van der Waals surface area (Å²) in [4.78, 5) is 13.7. The molecule has 1 aromatic heterocycles. The molecule has 7 heteroatoms. The first-order valence-electron chi connectivity index (χ1n) is 6.07. The number of imidazole rings is 1. The van der Waals surface area contributed by atoms with Crippen LogP contribution in [0.15, 0.2) is 59.8 Å². The number of nitrogens with one attached hydrogen (secondary N) is 1. The summed E-state index contributed by atoms with van der Waals surface area (Å²) in [5.41, 5.74) is 1.26. The Kier molecular flexibility index (Phi) is 2.99. The predicted octanol–water partition coefficient (Wildman–Crippen LogP) is 1.39. The quantitative estimate of drug-likeness (QED) is 0.715. The zero-order valence-corrected chi connectivity index (χ0v) is 11.5. The second kappa shape index (κ2) is 4.71. The van der Waals surface area contributed by atoms with Crippen LogP contribution >= 0.6 is 0 Å². The van der Waals surface area contributed by atoms with Gasteiger partial charge >= 0.3 is 16.0 Å². The lowest BCUT2D eigenvalue weighted by molar-refractivity contribution is -0.480. The first-order chi connectivity index (χ1) is 10.00. The Hall–Kier alpha value is -2.67. The fourth-order valence-corrected chi connectivity index (χ4v) is 3.38. The van der Waals surface area contributed by atoms with E-state index in [0.717, 1.165) is 3.97 Å². The summed E-state index contributed by atoms with van der Waals surface area (Å²) in [7, 11) is -3.77. The van der Waals surface area contributed by atoms with Crippen LogP contribution in [0.3, 0.4) is 0 Å². The maximum Gasteiger partial charge on any atom is 0.335 e. The number of carbonyl (C=O) groups is 1. The van der Waals surface area contributed by atoms with Crippen molar-refractivity contribution in [2.75, 3.05) is 0 Å². The highest BCUT2D eigenvalue weighted by Gasteiger charge is 2.25. The molecular formula is C14H11N2O4S+. The molecule has 2 aromatic carbocycles. The molecule has 3 rings (SSSR count). The van der Waals surface area contributed by atoms with Crippen molar-refractivity contribution in [3.8, 4) is 0 Å². The lowest BCUT2D eigenvalue weighted by Gasteiger charge is -2.01. The molecule has 0 atom stereocenters. The van der Waals surface area contributed by atoms with Crippen molar-refractivity contribution in [2.45, 2.75) is 4.90 Å². The van der Waals surface area contributed by atoms with Gasteiger partial charge in [0.05, 0.1) is 5.56 Å². The smallest absolute Gasteiger partial charge is 0.335 e. The molecule has 6 nitrogen and oxygen atoms in total.